The third kappa shape index (κ3) is 3.17. The van der Waals surface area contributed by atoms with Crippen molar-refractivity contribution in [2.45, 2.75) is 0 Å². The van der Waals surface area contributed by atoms with E-state index in [9.17, 15) is 9.18 Å². The zero-order valence-corrected chi connectivity index (χ0v) is 10.6. The first-order valence-electron chi connectivity index (χ1n) is 5.22. The molecular weight excluding hydrogens is 273 g/mol. The van der Waals surface area contributed by atoms with Crippen LogP contribution in [0.4, 0.5) is 16.0 Å². The van der Waals surface area contributed by atoms with Crippen molar-refractivity contribution in [3.8, 4) is 0 Å². The molecule has 2 rings (SSSR count). The summed E-state index contributed by atoms with van der Waals surface area (Å²) in [5.74, 6) is -0.200. The number of pyridine rings is 2. The molecule has 0 bridgehead atoms. The third-order valence-corrected chi connectivity index (χ3v) is 2.56. The van der Waals surface area contributed by atoms with Crippen LogP contribution < -0.4 is 5.32 Å². The Labute approximate surface area is 113 Å². The van der Waals surface area contributed by atoms with E-state index >= 15 is 0 Å². The van der Waals surface area contributed by atoms with Gasteiger partial charge in [-0.1, -0.05) is 11.6 Å². The SMILES string of the molecule is COC(=O)c1cnc(Nc2ccc(F)cn2)cc1Cl. The molecule has 0 aliphatic heterocycles. The van der Waals surface area contributed by atoms with Crippen LogP contribution in [0.15, 0.2) is 30.6 Å². The average Bonchev–Trinajstić information content (AvgIpc) is 2.41. The van der Waals surface area contributed by atoms with Crippen molar-refractivity contribution < 1.29 is 13.9 Å². The summed E-state index contributed by atoms with van der Waals surface area (Å²) >= 11 is 5.93. The molecule has 19 heavy (non-hydrogen) atoms. The van der Waals surface area contributed by atoms with Gasteiger partial charge in [-0.05, 0) is 12.1 Å². The van der Waals surface area contributed by atoms with Crippen LogP contribution in [0.1, 0.15) is 10.4 Å². The largest absolute Gasteiger partial charge is 0.465 e. The van der Waals surface area contributed by atoms with Gasteiger partial charge in [-0.2, -0.15) is 0 Å². The number of hydrogen-bond donors (Lipinski definition) is 1. The molecule has 2 aromatic rings. The number of carbonyl (C=O) groups excluding carboxylic acids is 1. The molecule has 0 saturated heterocycles. The molecule has 0 radical (unpaired) electrons. The number of esters is 1. The second-order valence-electron chi connectivity index (χ2n) is 3.53. The molecule has 0 amide bonds. The summed E-state index contributed by atoms with van der Waals surface area (Å²) in [5.41, 5.74) is 0.168. The van der Waals surface area contributed by atoms with Gasteiger partial charge < -0.3 is 10.1 Å². The molecule has 7 heteroatoms. The molecule has 1 N–H and O–H groups in total. The third-order valence-electron chi connectivity index (χ3n) is 2.24. The number of methoxy groups -OCH3 is 1. The Morgan fingerprint density at radius 3 is 2.63 bits per heavy atom. The highest BCUT2D eigenvalue weighted by Gasteiger charge is 2.12. The summed E-state index contributed by atoms with van der Waals surface area (Å²) in [6.45, 7) is 0. The van der Waals surface area contributed by atoms with E-state index in [1.807, 2.05) is 0 Å². The Morgan fingerprint density at radius 2 is 2.05 bits per heavy atom. The predicted octanol–water partition coefficient (Wildman–Crippen LogP) is 2.80. The number of ether oxygens (including phenoxy) is 1. The second-order valence-corrected chi connectivity index (χ2v) is 3.93. The minimum Gasteiger partial charge on any atom is -0.465 e. The van der Waals surface area contributed by atoms with Gasteiger partial charge in [0, 0.05) is 12.3 Å². The molecular formula is C12H9ClFN3O2. The minimum atomic E-state index is -0.566. The highest BCUT2D eigenvalue weighted by molar-refractivity contribution is 6.33. The number of nitrogens with zero attached hydrogens (tertiary/aromatic N) is 2. The molecule has 0 aliphatic rings. The Balaban J connectivity index is 2.20. The van der Waals surface area contributed by atoms with Gasteiger partial charge >= 0.3 is 5.97 Å². The molecule has 0 aromatic carbocycles. The zero-order valence-electron chi connectivity index (χ0n) is 9.85. The number of hydrogen-bond acceptors (Lipinski definition) is 5. The topological polar surface area (TPSA) is 64.1 Å². The molecule has 2 aromatic heterocycles. The van der Waals surface area contributed by atoms with Crippen LogP contribution in [-0.2, 0) is 4.74 Å². The van der Waals surface area contributed by atoms with Gasteiger partial charge in [0.25, 0.3) is 0 Å². The fraction of sp³-hybridized carbons (Fsp3) is 0.0833. The second kappa shape index (κ2) is 5.62. The summed E-state index contributed by atoms with van der Waals surface area (Å²) in [6.07, 6.45) is 2.37. The highest BCUT2D eigenvalue weighted by atomic mass is 35.5. The van der Waals surface area contributed by atoms with Crippen LogP contribution in [0.5, 0.6) is 0 Å². The molecule has 0 fully saturated rings. The Bertz CT molecular complexity index is 604. The van der Waals surface area contributed by atoms with Gasteiger partial charge in [0.15, 0.2) is 0 Å². The van der Waals surface area contributed by atoms with E-state index in [1.54, 1.807) is 0 Å². The lowest BCUT2D eigenvalue weighted by Crippen LogP contribution is -2.04. The fourth-order valence-corrected chi connectivity index (χ4v) is 1.57. The number of nitrogens with one attached hydrogen (secondary N) is 1. The van der Waals surface area contributed by atoms with E-state index in [4.69, 9.17) is 11.6 Å². The van der Waals surface area contributed by atoms with E-state index in [1.165, 1.54) is 31.5 Å². The maximum Gasteiger partial charge on any atom is 0.340 e. The molecule has 5 nitrogen and oxygen atoms in total. The molecule has 0 unspecified atom stereocenters. The van der Waals surface area contributed by atoms with E-state index in [-0.39, 0.29) is 10.6 Å². The van der Waals surface area contributed by atoms with Crippen molar-refractivity contribution in [2.24, 2.45) is 0 Å². The highest BCUT2D eigenvalue weighted by Crippen LogP contribution is 2.21. The lowest BCUT2D eigenvalue weighted by molar-refractivity contribution is 0.0600. The van der Waals surface area contributed by atoms with Crippen molar-refractivity contribution in [3.05, 3.63) is 47.0 Å². The van der Waals surface area contributed by atoms with Crippen LogP contribution in [0.25, 0.3) is 0 Å². The molecule has 0 atom stereocenters. The Hall–Kier alpha value is -2.21. The smallest absolute Gasteiger partial charge is 0.340 e. The molecule has 0 spiro atoms. The van der Waals surface area contributed by atoms with Crippen LogP contribution in [0.3, 0.4) is 0 Å². The van der Waals surface area contributed by atoms with E-state index < -0.39 is 11.8 Å². The monoisotopic (exact) mass is 281 g/mol. The number of anilines is 2. The lowest BCUT2D eigenvalue weighted by Gasteiger charge is -2.06. The maximum atomic E-state index is 12.7. The van der Waals surface area contributed by atoms with Gasteiger partial charge in [-0.25, -0.2) is 19.2 Å². The summed E-state index contributed by atoms with van der Waals surface area (Å²) in [4.78, 5) is 19.1. The summed E-state index contributed by atoms with van der Waals surface area (Å²) in [5, 5.41) is 3.03. The van der Waals surface area contributed by atoms with E-state index in [0.717, 1.165) is 6.20 Å². The summed E-state index contributed by atoms with van der Waals surface area (Å²) in [7, 11) is 1.26. The van der Waals surface area contributed by atoms with Crippen LogP contribution in [-0.4, -0.2) is 23.0 Å². The quantitative estimate of drug-likeness (QED) is 0.877. The Morgan fingerprint density at radius 1 is 1.32 bits per heavy atom. The minimum absolute atomic E-state index is 0.168. The van der Waals surface area contributed by atoms with Crippen LogP contribution >= 0.6 is 11.6 Å². The summed E-state index contributed by atoms with van der Waals surface area (Å²) in [6, 6.07) is 4.18. The number of rotatable bonds is 3. The first kappa shape index (κ1) is 13.2. The number of carbonyl (C=O) groups is 1. The molecule has 0 saturated carbocycles. The van der Waals surface area contributed by atoms with Crippen LogP contribution in [0.2, 0.25) is 5.02 Å². The van der Waals surface area contributed by atoms with Gasteiger partial charge in [0.05, 0.1) is 23.9 Å². The summed E-state index contributed by atoms with van der Waals surface area (Å²) < 4.78 is 17.2. The van der Waals surface area contributed by atoms with E-state index in [2.05, 4.69) is 20.0 Å². The number of halogens is 2. The van der Waals surface area contributed by atoms with Crippen molar-refractivity contribution in [1.29, 1.82) is 0 Å². The van der Waals surface area contributed by atoms with Gasteiger partial charge in [0.2, 0.25) is 0 Å². The standard InChI is InChI=1S/C12H9ClFN3O2/c1-19-12(18)8-6-16-11(4-9(8)13)17-10-3-2-7(14)5-15-10/h2-6H,1H3,(H,15,16,17). The van der Waals surface area contributed by atoms with Crippen molar-refractivity contribution >= 4 is 29.2 Å². The predicted molar refractivity (Wildman–Crippen MR) is 68.1 cm³/mol. The number of aromatic nitrogens is 2. The molecule has 2 heterocycles. The van der Waals surface area contributed by atoms with Gasteiger partial charge in [0.1, 0.15) is 17.5 Å². The first-order chi connectivity index (χ1) is 9.10. The van der Waals surface area contributed by atoms with Gasteiger partial charge in [-0.3, -0.25) is 0 Å². The molecule has 98 valence electrons. The van der Waals surface area contributed by atoms with Gasteiger partial charge in [-0.15, -0.1) is 0 Å². The average molecular weight is 282 g/mol. The van der Waals surface area contributed by atoms with Crippen LogP contribution in [0, 0.1) is 5.82 Å². The Kier molecular flexibility index (Phi) is 3.91. The van der Waals surface area contributed by atoms with Crippen molar-refractivity contribution in [2.75, 3.05) is 12.4 Å². The first-order valence-corrected chi connectivity index (χ1v) is 5.60. The maximum absolute atomic E-state index is 12.7. The lowest BCUT2D eigenvalue weighted by atomic mass is 10.3. The molecule has 0 aliphatic carbocycles. The fourth-order valence-electron chi connectivity index (χ4n) is 1.34. The van der Waals surface area contributed by atoms with E-state index in [0.29, 0.717) is 11.6 Å². The zero-order chi connectivity index (χ0) is 13.8. The van der Waals surface area contributed by atoms with Crippen molar-refractivity contribution in [1.82, 2.24) is 9.97 Å². The van der Waals surface area contributed by atoms with Crippen molar-refractivity contribution in [3.63, 3.8) is 0 Å². The normalized spacial score (nSPS) is 10.1.